The van der Waals surface area contributed by atoms with E-state index in [0.717, 1.165) is 51.4 Å². The first-order valence-corrected chi connectivity index (χ1v) is 21.1. The van der Waals surface area contributed by atoms with Gasteiger partial charge < -0.3 is 10.2 Å². The first kappa shape index (κ1) is 45.2. The van der Waals surface area contributed by atoms with Crippen LogP contribution in [0.2, 0.25) is 0 Å². The summed E-state index contributed by atoms with van der Waals surface area (Å²) in [7, 11) is -0.618. The molecule has 0 aliphatic heterocycles. The first-order chi connectivity index (χ1) is 23.9. The van der Waals surface area contributed by atoms with E-state index in [-0.39, 0.29) is 44.2 Å². The summed E-state index contributed by atoms with van der Waals surface area (Å²) >= 11 is 0. The molecule has 0 aliphatic carbocycles. The topological polar surface area (TPSA) is 74.6 Å². The van der Waals surface area contributed by atoms with E-state index >= 15 is 0 Å². The van der Waals surface area contributed by atoms with Gasteiger partial charge in [-0.05, 0) is 81.5 Å². The van der Waals surface area contributed by atoms with Gasteiger partial charge in [-0.2, -0.15) is 0 Å². The third-order valence-electron chi connectivity index (χ3n) is 8.53. The van der Waals surface area contributed by atoms with Crippen molar-refractivity contribution >= 4 is 49.0 Å². The molecule has 0 aliphatic rings. The molecule has 0 amide bonds. The van der Waals surface area contributed by atoms with Gasteiger partial charge in [0, 0.05) is 16.5 Å². The molecule has 0 saturated carbocycles. The average Bonchev–Trinajstić information content (AvgIpc) is 3.14. The molecular weight excluding hydrogens is 701 g/mol. The molecule has 274 valence electrons. The Balaban J connectivity index is 0.000000493. The molecule has 2 N–H and O–H groups in total. The van der Waals surface area contributed by atoms with Gasteiger partial charge in [0.25, 0.3) is 0 Å². The Hall–Kier alpha value is -2.83. The number of carboxylic acids is 2. The molecule has 4 rings (SSSR count). The molecular formula is C43H58NiO4P2. The summed E-state index contributed by atoms with van der Waals surface area (Å²) in [5.41, 5.74) is 0. The van der Waals surface area contributed by atoms with Gasteiger partial charge in [0.1, 0.15) is 0 Å². The normalized spacial score (nSPS) is 11.6. The number of benzene rings is 4. The molecule has 0 saturated heterocycles. The van der Waals surface area contributed by atoms with Crippen LogP contribution < -0.4 is 21.2 Å². The van der Waals surface area contributed by atoms with Crippen molar-refractivity contribution in [2.24, 2.45) is 11.8 Å². The molecule has 0 bridgehead atoms. The van der Waals surface area contributed by atoms with Gasteiger partial charge >= 0.3 is 11.9 Å². The van der Waals surface area contributed by atoms with Gasteiger partial charge in [-0.3, -0.25) is 9.59 Å². The fraction of sp³-hybridized carbons (Fsp3) is 0.395. The van der Waals surface area contributed by atoms with E-state index in [2.05, 4.69) is 135 Å². The van der Waals surface area contributed by atoms with Crippen molar-refractivity contribution in [3.63, 3.8) is 0 Å². The number of hydrogen-bond acceptors (Lipinski definition) is 2. The maximum Gasteiger partial charge on any atom is 0.306 e. The minimum Gasteiger partial charge on any atom is -0.481 e. The maximum atomic E-state index is 10.4. The Morgan fingerprint density at radius 2 is 0.740 bits per heavy atom. The predicted molar refractivity (Wildman–Crippen MR) is 214 cm³/mol. The number of rotatable bonds is 18. The number of carboxylic acid groups (broad SMARTS) is 2. The number of hydrogen-bond donors (Lipinski definition) is 2. The van der Waals surface area contributed by atoms with Crippen LogP contribution in [0.5, 0.6) is 0 Å². The summed E-state index contributed by atoms with van der Waals surface area (Å²) in [6.07, 6.45) is 11.1. The van der Waals surface area contributed by atoms with Gasteiger partial charge in [-0.1, -0.05) is 175 Å². The molecule has 0 heterocycles. The molecule has 0 aromatic heterocycles. The summed E-state index contributed by atoms with van der Waals surface area (Å²) in [5, 5.41) is 23.1. The molecule has 2 unspecified atom stereocenters. The standard InChI is InChI=1S/C27H26P2.2C8H16O2.Ni/c1-5-14-24(15-6-1)28(25-16-7-2-8-17-25)22-13-23-29(26-18-9-3-10-19-26)27-20-11-4-12-21-27;2*1-3-5-6-7(4-2)8(9)10;/h1-12,14-21H,13,22-23H2;2*7H,3-6H2,1-2H3,(H,9,10);. The van der Waals surface area contributed by atoms with Gasteiger partial charge in [-0.15, -0.1) is 0 Å². The van der Waals surface area contributed by atoms with E-state index in [1.165, 1.54) is 40.0 Å². The molecule has 7 heteroatoms. The largest absolute Gasteiger partial charge is 0.481 e. The van der Waals surface area contributed by atoms with Crippen LogP contribution in [0.4, 0.5) is 0 Å². The van der Waals surface area contributed by atoms with Crippen molar-refractivity contribution in [1.29, 1.82) is 0 Å². The molecule has 0 fully saturated rings. The quantitative estimate of drug-likeness (QED) is 0.0783. The van der Waals surface area contributed by atoms with Crippen LogP contribution in [0, 0.1) is 11.8 Å². The molecule has 2 atom stereocenters. The van der Waals surface area contributed by atoms with Crippen LogP contribution in [-0.4, -0.2) is 34.5 Å². The van der Waals surface area contributed by atoms with E-state index in [4.69, 9.17) is 10.2 Å². The Morgan fingerprint density at radius 1 is 0.480 bits per heavy atom. The molecule has 4 nitrogen and oxygen atoms in total. The van der Waals surface area contributed by atoms with E-state index in [0.29, 0.717) is 0 Å². The Bertz CT molecular complexity index is 1220. The van der Waals surface area contributed by atoms with Crippen molar-refractivity contribution in [3.8, 4) is 0 Å². The van der Waals surface area contributed by atoms with Crippen LogP contribution in [-0.2, 0) is 26.1 Å². The van der Waals surface area contributed by atoms with E-state index < -0.39 is 11.9 Å². The molecule has 0 spiro atoms. The van der Waals surface area contributed by atoms with Gasteiger partial charge in [0.2, 0.25) is 0 Å². The van der Waals surface area contributed by atoms with E-state index in [1.807, 2.05) is 13.8 Å². The van der Waals surface area contributed by atoms with Crippen molar-refractivity contribution in [3.05, 3.63) is 121 Å². The van der Waals surface area contributed by atoms with Crippen LogP contribution in [0.25, 0.3) is 0 Å². The van der Waals surface area contributed by atoms with Crippen molar-refractivity contribution in [2.45, 2.75) is 85.5 Å². The fourth-order valence-corrected chi connectivity index (χ4v) is 10.5. The summed E-state index contributed by atoms with van der Waals surface area (Å²) in [6.45, 7) is 8.01. The summed E-state index contributed by atoms with van der Waals surface area (Å²) in [4.78, 5) is 20.9. The second-order valence-electron chi connectivity index (χ2n) is 12.2. The molecule has 0 radical (unpaired) electrons. The van der Waals surface area contributed by atoms with Crippen LogP contribution in [0.1, 0.15) is 85.5 Å². The summed E-state index contributed by atoms with van der Waals surface area (Å²) in [5.74, 6) is -1.51. The Kier molecular flexibility index (Phi) is 25.2. The minimum atomic E-state index is -0.643. The monoisotopic (exact) mass is 758 g/mol. The first-order valence-electron chi connectivity index (χ1n) is 18.1. The zero-order valence-electron chi connectivity index (χ0n) is 30.4. The Morgan fingerprint density at radius 3 is 0.940 bits per heavy atom. The smallest absolute Gasteiger partial charge is 0.306 e. The zero-order chi connectivity index (χ0) is 35.7. The Labute approximate surface area is 315 Å². The number of aliphatic carboxylic acids is 2. The SMILES string of the molecule is CCCCC(CC)C(=O)O.CCCCC(CC)C(=O)O.[Ni].c1ccc(P(CCCP(c2ccccc2)c2ccccc2)c2ccccc2)cc1. The van der Waals surface area contributed by atoms with Crippen molar-refractivity contribution < 1.29 is 36.3 Å². The summed E-state index contributed by atoms with van der Waals surface area (Å²) < 4.78 is 0. The number of carbonyl (C=O) groups is 2. The van der Waals surface area contributed by atoms with Crippen LogP contribution in [0.3, 0.4) is 0 Å². The zero-order valence-corrected chi connectivity index (χ0v) is 33.2. The van der Waals surface area contributed by atoms with Crippen molar-refractivity contribution in [1.82, 2.24) is 0 Å². The molecule has 4 aromatic carbocycles. The summed E-state index contributed by atoms with van der Waals surface area (Å²) in [6, 6.07) is 44.3. The second-order valence-corrected chi connectivity index (χ2v) is 16.8. The van der Waals surface area contributed by atoms with Gasteiger partial charge in [-0.25, -0.2) is 0 Å². The van der Waals surface area contributed by atoms with Gasteiger partial charge in [0.05, 0.1) is 11.8 Å². The van der Waals surface area contributed by atoms with E-state index in [9.17, 15) is 9.59 Å². The van der Waals surface area contributed by atoms with Gasteiger partial charge in [0.15, 0.2) is 0 Å². The predicted octanol–water partition coefficient (Wildman–Crippen LogP) is 10.2. The molecule has 4 aromatic rings. The third-order valence-corrected chi connectivity index (χ3v) is 13.7. The number of unbranched alkanes of at least 4 members (excludes halogenated alkanes) is 2. The molecule has 50 heavy (non-hydrogen) atoms. The van der Waals surface area contributed by atoms with E-state index in [1.54, 1.807) is 0 Å². The van der Waals surface area contributed by atoms with Crippen LogP contribution >= 0.6 is 15.8 Å². The second kappa shape index (κ2) is 27.8. The third kappa shape index (κ3) is 17.4. The maximum absolute atomic E-state index is 10.4. The van der Waals surface area contributed by atoms with Crippen LogP contribution in [0.15, 0.2) is 121 Å². The minimum absolute atomic E-state index is 0. The van der Waals surface area contributed by atoms with Crippen molar-refractivity contribution in [2.75, 3.05) is 12.3 Å². The average molecular weight is 760 g/mol. The fourth-order valence-electron chi connectivity index (χ4n) is 5.54.